The van der Waals surface area contributed by atoms with Crippen molar-refractivity contribution in [3.63, 3.8) is 0 Å². The van der Waals surface area contributed by atoms with Crippen molar-refractivity contribution in [2.45, 2.75) is 26.2 Å². The minimum absolute atomic E-state index is 0.158. The summed E-state index contributed by atoms with van der Waals surface area (Å²) in [5.41, 5.74) is 8.77. The first-order chi connectivity index (χ1) is 16.9. The van der Waals surface area contributed by atoms with E-state index >= 15 is 0 Å². The second kappa shape index (κ2) is 9.35. The molecule has 0 atom stereocenters. The molecule has 5 rings (SSSR count). The summed E-state index contributed by atoms with van der Waals surface area (Å²) in [6.07, 6.45) is 6.72. The van der Waals surface area contributed by atoms with Crippen LogP contribution in [0, 0.1) is 0 Å². The number of hydrogen-bond donors (Lipinski definition) is 0. The molecule has 0 bridgehead atoms. The normalized spacial score (nSPS) is 11.9. The lowest BCUT2D eigenvalue weighted by molar-refractivity contribution is -0.659. The van der Waals surface area contributed by atoms with Crippen LogP contribution >= 0.6 is 0 Å². The van der Waals surface area contributed by atoms with Gasteiger partial charge in [-0.1, -0.05) is 118 Å². The maximum atomic E-state index is 2.31. The van der Waals surface area contributed by atoms with Gasteiger partial charge in [0.2, 0.25) is 5.69 Å². The Morgan fingerprint density at radius 1 is 0.629 bits per heavy atom. The number of fused-ring (bicyclic) bond motifs is 1. The van der Waals surface area contributed by atoms with E-state index in [0.29, 0.717) is 0 Å². The van der Waals surface area contributed by atoms with Crippen LogP contribution in [0.4, 0.5) is 0 Å². The highest BCUT2D eigenvalue weighted by molar-refractivity contribution is 5.87. The maximum Gasteiger partial charge on any atom is 0.212 e. The predicted molar refractivity (Wildman–Crippen MR) is 150 cm³/mol. The zero-order chi connectivity index (χ0) is 24.4. The first kappa shape index (κ1) is 22.8. The first-order valence-corrected chi connectivity index (χ1v) is 12.3. The lowest BCUT2D eigenvalue weighted by Crippen LogP contribution is -2.31. The molecule has 0 radical (unpaired) electrons. The van der Waals surface area contributed by atoms with E-state index in [1.54, 1.807) is 0 Å². The average Bonchev–Trinajstić information content (AvgIpc) is 2.88. The van der Waals surface area contributed by atoms with Crippen LogP contribution < -0.4 is 4.57 Å². The zero-order valence-corrected chi connectivity index (χ0v) is 21.0. The van der Waals surface area contributed by atoms with Crippen molar-refractivity contribution in [2.24, 2.45) is 7.05 Å². The summed E-state index contributed by atoms with van der Waals surface area (Å²) >= 11 is 0. The summed E-state index contributed by atoms with van der Waals surface area (Å²) in [5.74, 6) is 0. The Hall–Kier alpha value is -3.97. The third-order valence-corrected chi connectivity index (χ3v) is 6.67. The lowest BCUT2D eigenvalue weighted by atomic mass is 9.86. The Kier molecular flexibility index (Phi) is 6.09. The SMILES string of the molecule is C[n+]1cc(-c2ccccc2)c(/C=C/c2ccc(C(C)(C)C)cc2)cc1-c1ccc2ccccc2c1. The van der Waals surface area contributed by atoms with E-state index in [1.165, 1.54) is 49.8 Å². The smallest absolute Gasteiger partial charge is 0.200 e. The van der Waals surface area contributed by atoms with Crippen molar-refractivity contribution in [3.05, 3.63) is 126 Å². The summed E-state index contributed by atoms with van der Waals surface area (Å²) in [4.78, 5) is 0. The van der Waals surface area contributed by atoms with Gasteiger partial charge < -0.3 is 0 Å². The van der Waals surface area contributed by atoms with Gasteiger partial charge >= 0.3 is 0 Å². The van der Waals surface area contributed by atoms with Gasteiger partial charge in [-0.3, -0.25) is 0 Å². The number of rotatable bonds is 4. The predicted octanol–water partition coefficient (Wildman–Crippen LogP) is 8.47. The molecule has 0 aliphatic carbocycles. The average molecular weight is 455 g/mol. The summed E-state index contributed by atoms with van der Waals surface area (Å²) in [6, 6.07) is 37.1. The van der Waals surface area contributed by atoms with Crippen LogP contribution in [0.2, 0.25) is 0 Å². The van der Waals surface area contributed by atoms with Gasteiger partial charge in [-0.25, -0.2) is 4.57 Å². The molecule has 0 N–H and O–H groups in total. The summed E-state index contributed by atoms with van der Waals surface area (Å²) in [6.45, 7) is 6.76. The van der Waals surface area contributed by atoms with Crippen LogP contribution in [0.1, 0.15) is 37.5 Å². The molecule has 0 unspecified atom stereocenters. The highest BCUT2D eigenvalue weighted by atomic mass is 14.9. The van der Waals surface area contributed by atoms with Crippen LogP contribution in [-0.4, -0.2) is 0 Å². The van der Waals surface area contributed by atoms with Crippen molar-refractivity contribution >= 4 is 22.9 Å². The Labute approximate surface area is 209 Å². The number of nitrogens with zero attached hydrogens (tertiary/aromatic N) is 1. The largest absolute Gasteiger partial charge is 0.212 e. The van der Waals surface area contributed by atoms with Crippen molar-refractivity contribution < 1.29 is 4.57 Å². The van der Waals surface area contributed by atoms with E-state index in [0.717, 1.165) is 0 Å². The fourth-order valence-corrected chi connectivity index (χ4v) is 4.58. The topological polar surface area (TPSA) is 3.88 Å². The number of aryl methyl sites for hydroxylation is 1. The first-order valence-electron chi connectivity index (χ1n) is 12.3. The molecule has 4 aromatic carbocycles. The second-order valence-electron chi connectivity index (χ2n) is 10.3. The molecule has 1 nitrogen and oxygen atoms in total. The molecule has 1 heteroatoms. The van der Waals surface area contributed by atoms with E-state index in [-0.39, 0.29) is 5.41 Å². The number of pyridine rings is 1. The molecule has 0 spiro atoms. The van der Waals surface area contributed by atoms with Crippen LogP contribution in [0.25, 0.3) is 45.3 Å². The Morgan fingerprint density at radius 2 is 1.31 bits per heavy atom. The van der Waals surface area contributed by atoms with Crippen LogP contribution in [-0.2, 0) is 12.5 Å². The van der Waals surface area contributed by atoms with Crippen molar-refractivity contribution in [2.75, 3.05) is 0 Å². The standard InChI is InChI=1S/C34H32N/c1-34(2,3)31-20-15-25(16-21-31)14-17-29-23-33(30-19-18-26-10-8-9-13-28(26)22-30)35(4)24-32(29)27-11-6-5-7-12-27/h5-24H,1-4H3/q+1/b17-14+. The van der Waals surface area contributed by atoms with Crippen LogP contribution in [0.15, 0.2) is 109 Å². The summed E-state index contributed by atoms with van der Waals surface area (Å²) in [5, 5.41) is 2.52. The number of benzene rings is 4. The maximum absolute atomic E-state index is 2.31. The molecule has 1 aromatic heterocycles. The van der Waals surface area contributed by atoms with E-state index in [2.05, 4.69) is 154 Å². The zero-order valence-electron chi connectivity index (χ0n) is 21.0. The van der Waals surface area contributed by atoms with Gasteiger partial charge in [-0.2, -0.15) is 0 Å². The van der Waals surface area contributed by atoms with Gasteiger partial charge in [0.15, 0.2) is 6.20 Å². The molecular weight excluding hydrogens is 422 g/mol. The van der Waals surface area contributed by atoms with Gasteiger partial charge in [-0.05, 0) is 50.6 Å². The fraction of sp³-hybridized carbons (Fsp3) is 0.147. The summed E-state index contributed by atoms with van der Waals surface area (Å²) in [7, 11) is 2.13. The molecular formula is C34H32N+. The van der Waals surface area contributed by atoms with Crippen molar-refractivity contribution in [3.8, 4) is 22.4 Å². The third-order valence-electron chi connectivity index (χ3n) is 6.67. The van der Waals surface area contributed by atoms with Gasteiger partial charge in [0.1, 0.15) is 7.05 Å². The molecule has 0 aliphatic heterocycles. The molecule has 172 valence electrons. The van der Waals surface area contributed by atoms with Gasteiger partial charge in [0.05, 0.1) is 5.56 Å². The molecule has 0 saturated heterocycles. The van der Waals surface area contributed by atoms with Crippen LogP contribution in [0.5, 0.6) is 0 Å². The molecule has 0 aliphatic rings. The second-order valence-corrected chi connectivity index (χ2v) is 10.3. The van der Waals surface area contributed by atoms with E-state index in [9.17, 15) is 0 Å². The quantitative estimate of drug-likeness (QED) is 0.240. The molecule has 0 fully saturated rings. The van der Waals surface area contributed by atoms with E-state index in [4.69, 9.17) is 0 Å². The van der Waals surface area contributed by atoms with Crippen LogP contribution in [0.3, 0.4) is 0 Å². The summed E-state index contributed by atoms with van der Waals surface area (Å²) < 4.78 is 2.24. The molecule has 0 saturated carbocycles. The van der Waals surface area contributed by atoms with Gasteiger partial charge in [-0.15, -0.1) is 0 Å². The van der Waals surface area contributed by atoms with Gasteiger partial charge in [0, 0.05) is 11.6 Å². The van der Waals surface area contributed by atoms with Gasteiger partial charge in [0.25, 0.3) is 0 Å². The molecule has 0 amide bonds. The Morgan fingerprint density at radius 3 is 2.03 bits per heavy atom. The highest BCUT2D eigenvalue weighted by Crippen LogP contribution is 2.29. The molecule has 5 aromatic rings. The minimum Gasteiger partial charge on any atom is -0.200 e. The fourth-order valence-electron chi connectivity index (χ4n) is 4.58. The third kappa shape index (κ3) is 4.95. The van der Waals surface area contributed by atoms with E-state index in [1.807, 2.05) is 0 Å². The minimum atomic E-state index is 0.158. The Balaban J connectivity index is 1.60. The lowest BCUT2D eigenvalue weighted by Gasteiger charge is -2.18. The number of hydrogen-bond acceptors (Lipinski definition) is 0. The van der Waals surface area contributed by atoms with Crippen molar-refractivity contribution in [1.82, 2.24) is 0 Å². The van der Waals surface area contributed by atoms with E-state index < -0.39 is 0 Å². The monoisotopic (exact) mass is 454 g/mol. The molecule has 1 heterocycles. The van der Waals surface area contributed by atoms with Crippen molar-refractivity contribution in [1.29, 1.82) is 0 Å². The highest BCUT2D eigenvalue weighted by Gasteiger charge is 2.17. The number of aromatic nitrogens is 1. The molecule has 35 heavy (non-hydrogen) atoms. The Bertz CT molecular complexity index is 1500.